The van der Waals surface area contributed by atoms with Crippen LogP contribution in [0.3, 0.4) is 0 Å². The molecule has 0 aliphatic rings. The van der Waals surface area contributed by atoms with E-state index in [1.54, 1.807) is 17.1 Å². The third-order valence-corrected chi connectivity index (χ3v) is 3.92. The summed E-state index contributed by atoms with van der Waals surface area (Å²) in [5.41, 5.74) is -1.06. The van der Waals surface area contributed by atoms with Crippen LogP contribution in [0.15, 0.2) is 33.1 Å². The molecule has 10 heteroatoms. The summed E-state index contributed by atoms with van der Waals surface area (Å²) in [6, 6.07) is 0. The Labute approximate surface area is 118 Å². The molecule has 0 bridgehead atoms. The first-order chi connectivity index (χ1) is 9.31. The number of H-pyrrole nitrogens is 1. The molecule has 2 aromatic heterocycles. The summed E-state index contributed by atoms with van der Waals surface area (Å²) in [6.07, 6.45) is 4.19. The first-order valence-electron chi connectivity index (χ1n) is 5.61. The molecule has 1 N–H and O–H groups in total. The maximum absolute atomic E-state index is 11.6. The summed E-state index contributed by atoms with van der Waals surface area (Å²) >= 11 is 0. The number of nitrogens with zero attached hydrogens (tertiary/aromatic N) is 3. The highest BCUT2D eigenvalue weighted by Gasteiger charge is 2.17. The number of halogens is 1. The number of aromatic nitrogens is 4. The molecule has 0 aromatic carbocycles. The summed E-state index contributed by atoms with van der Waals surface area (Å²) in [6.45, 7) is 2.65. The zero-order valence-electron chi connectivity index (χ0n) is 10.4. The average Bonchev–Trinajstić information content (AvgIpc) is 2.78. The van der Waals surface area contributed by atoms with Crippen molar-refractivity contribution >= 4 is 19.7 Å². The molecule has 0 atom stereocenters. The number of hydrogen-bond donors (Lipinski definition) is 1. The van der Waals surface area contributed by atoms with Gasteiger partial charge in [0.05, 0.1) is 12.7 Å². The van der Waals surface area contributed by atoms with Crippen molar-refractivity contribution in [2.75, 3.05) is 0 Å². The van der Waals surface area contributed by atoms with Crippen LogP contribution < -0.4 is 11.2 Å². The highest BCUT2D eigenvalue weighted by Crippen LogP contribution is 2.08. The van der Waals surface area contributed by atoms with E-state index >= 15 is 0 Å². The number of rotatable bonds is 4. The average molecular weight is 319 g/mol. The van der Waals surface area contributed by atoms with Crippen molar-refractivity contribution in [2.24, 2.45) is 0 Å². The molecule has 0 saturated carbocycles. The molecule has 2 aromatic rings. The second-order valence-corrected chi connectivity index (χ2v) is 6.56. The fraction of sp³-hybridized carbons (Fsp3) is 0.300. The van der Waals surface area contributed by atoms with E-state index in [0.29, 0.717) is 12.1 Å². The Bertz CT molecular complexity index is 849. The van der Waals surface area contributed by atoms with Gasteiger partial charge in [-0.3, -0.25) is 19.0 Å². The Balaban J connectivity index is 2.47. The lowest BCUT2D eigenvalue weighted by Gasteiger charge is -2.04. The van der Waals surface area contributed by atoms with Crippen LogP contribution in [-0.2, 0) is 22.1 Å². The van der Waals surface area contributed by atoms with Crippen molar-refractivity contribution < 1.29 is 8.42 Å². The number of aryl methyl sites for hydroxylation is 1. The third-order valence-electron chi connectivity index (χ3n) is 2.60. The number of aromatic amines is 1. The molecular formula is C10H11ClN4O4S. The predicted octanol–water partition coefficient (Wildman–Crippen LogP) is -0.271. The maximum atomic E-state index is 11.6. The molecule has 0 spiro atoms. The summed E-state index contributed by atoms with van der Waals surface area (Å²) in [4.78, 5) is 24.3. The summed E-state index contributed by atoms with van der Waals surface area (Å²) in [7, 11) is 0.922. The molecule has 0 aliphatic heterocycles. The Morgan fingerprint density at radius 3 is 2.60 bits per heavy atom. The van der Waals surface area contributed by atoms with Gasteiger partial charge in [-0.1, -0.05) is 0 Å². The minimum absolute atomic E-state index is 0.0784. The van der Waals surface area contributed by atoms with Crippen LogP contribution in [0.4, 0.5) is 0 Å². The van der Waals surface area contributed by atoms with Crippen molar-refractivity contribution in [3.05, 3.63) is 45.0 Å². The molecule has 0 saturated heterocycles. The lowest BCUT2D eigenvalue weighted by atomic mass is 10.3. The Morgan fingerprint density at radius 1 is 1.35 bits per heavy atom. The molecule has 0 amide bonds. The van der Waals surface area contributed by atoms with Gasteiger partial charge in [0.1, 0.15) is 0 Å². The van der Waals surface area contributed by atoms with Gasteiger partial charge in [0, 0.05) is 35.2 Å². The molecule has 20 heavy (non-hydrogen) atoms. The van der Waals surface area contributed by atoms with E-state index in [1.165, 1.54) is 0 Å². The summed E-state index contributed by atoms with van der Waals surface area (Å²) in [5.74, 6) is 0. The second-order valence-electron chi connectivity index (χ2n) is 4.02. The van der Waals surface area contributed by atoms with Crippen LogP contribution in [0, 0.1) is 0 Å². The molecule has 0 aliphatic carbocycles. The van der Waals surface area contributed by atoms with Gasteiger partial charge in [0.15, 0.2) is 4.90 Å². The zero-order chi connectivity index (χ0) is 14.9. The Morgan fingerprint density at radius 2 is 2.05 bits per heavy atom. The molecule has 108 valence electrons. The van der Waals surface area contributed by atoms with Gasteiger partial charge in [-0.25, -0.2) is 13.2 Å². The maximum Gasteiger partial charge on any atom is 0.328 e. The Hall–Kier alpha value is -1.87. The molecule has 0 unspecified atom stereocenters. The fourth-order valence-electron chi connectivity index (χ4n) is 1.64. The van der Waals surface area contributed by atoms with Crippen molar-refractivity contribution in [2.45, 2.75) is 24.9 Å². The number of hydrogen-bond acceptors (Lipinski definition) is 5. The predicted molar refractivity (Wildman–Crippen MR) is 71.4 cm³/mol. The van der Waals surface area contributed by atoms with E-state index in [0.717, 1.165) is 10.8 Å². The van der Waals surface area contributed by atoms with E-state index in [9.17, 15) is 18.0 Å². The number of nitrogens with one attached hydrogen (secondary N) is 1. The summed E-state index contributed by atoms with van der Waals surface area (Å²) in [5, 5.41) is 4.03. The van der Waals surface area contributed by atoms with Gasteiger partial charge in [-0.2, -0.15) is 5.10 Å². The van der Waals surface area contributed by atoms with E-state index in [4.69, 9.17) is 10.7 Å². The van der Waals surface area contributed by atoms with Gasteiger partial charge in [-0.05, 0) is 6.92 Å². The molecule has 2 heterocycles. The van der Waals surface area contributed by atoms with Crippen molar-refractivity contribution in [1.29, 1.82) is 0 Å². The van der Waals surface area contributed by atoms with Crippen LogP contribution >= 0.6 is 10.7 Å². The zero-order valence-corrected chi connectivity index (χ0v) is 12.0. The van der Waals surface area contributed by atoms with Crippen molar-refractivity contribution in [1.82, 2.24) is 19.3 Å². The quantitative estimate of drug-likeness (QED) is 0.781. The smallest absolute Gasteiger partial charge is 0.295 e. The fourth-order valence-corrected chi connectivity index (χ4v) is 2.49. The minimum Gasteiger partial charge on any atom is -0.295 e. The van der Waals surface area contributed by atoms with Crippen LogP contribution in [0.25, 0.3) is 0 Å². The molecule has 0 radical (unpaired) electrons. The van der Waals surface area contributed by atoms with Gasteiger partial charge in [0.2, 0.25) is 0 Å². The minimum atomic E-state index is -4.22. The van der Waals surface area contributed by atoms with Crippen LogP contribution in [0.2, 0.25) is 0 Å². The van der Waals surface area contributed by atoms with Crippen molar-refractivity contribution in [3.63, 3.8) is 0 Å². The monoisotopic (exact) mass is 318 g/mol. The molecule has 8 nitrogen and oxygen atoms in total. The van der Waals surface area contributed by atoms with Gasteiger partial charge in [-0.15, -0.1) is 0 Å². The molecule has 2 rings (SSSR count). The normalized spacial score (nSPS) is 11.7. The first kappa shape index (κ1) is 14.5. The van der Waals surface area contributed by atoms with Crippen LogP contribution in [0.1, 0.15) is 12.5 Å². The van der Waals surface area contributed by atoms with Crippen LogP contribution in [0.5, 0.6) is 0 Å². The van der Waals surface area contributed by atoms with Gasteiger partial charge >= 0.3 is 5.69 Å². The van der Waals surface area contributed by atoms with E-state index < -0.39 is 25.2 Å². The first-order valence-corrected chi connectivity index (χ1v) is 7.92. The lowest BCUT2D eigenvalue weighted by Crippen LogP contribution is -2.32. The molecule has 0 fully saturated rings. The molecular weight excluding hydrogens is 308 g/mol. The highest BCUT2D eigenvalue weighted by molar-refractivity contribution is 8.13. The topological polar surface area (TPSA) is 107 Å². The van der Waals surface area contributed by atoms with E-state index in [2.05, 4.69) is 5.10 Å². The third kappa shape index (κ3) is 2.99. The van der Waals surface area contributed by atoms with E-state index in [-0.39, 0.29) is 6.54 Å². The van der Waals surface area contributed by atoms with Crippen LogP contribution in [-0.4, -0.2) is 27.7 Å². The largest absolute Gasteiger partial charge is 0.328 e. The summed E-state index contributed by atoms with van der Waals surface area (Å²) < 4.78 is 25.2. The SMILES string of the molecule is CCn1cc(Cn2cc(S(=O)(=O)Cl)c(=O)[nH]c2=O)cn1. The second kappa shape index (κ2) is 5.25. The standard InChI is InChI=1S/C10H11ClN4O4S/c1-2-15-5-7(3-12-15)4-14-6-8(20(11,18)19)9(16)13-10(14)17/h3,5-6H,2,4H2,1H3,(H,13,16,17). The highest BCUT2D eigenvalue weighted by atomic mass is 35.7. The van der Waals surface area contributed by atoms with Gasteiger partial charge in [0.25, 0.3) is 14.6 Å². The lowest BCUT2D eigenvalue weighted by molar-refractivity contribution is 0.603. The van der Waals surface area contributed by atoms with E-state index in [1.807, 2.05) is 11.9 Å². The van der Waals surface area contributed by atoms with Gasteiger partial charge < -0.3 is 0 Å². The Kier molecular flexibility index (Phi) is 3.82. The van der Waals surface area contributed by atoms with Crippen molar-refractivity contribution in [3.8, 4) is 0 Å².